The minimum atomic E-state index is -0.454. The van der Waals surface area contributed by atoms with Crippen LogP contribution in [0.2, 0.25) is 0 Å². The molecule has 2 heterocycles. The molecule has 1 aromatic heterocycles. The lowest BCUT2D eigenvalue weighted by molar-refractivity contribution is -0.129. The second-order valence-corrected chi connectivity index (χ2v) is 10.4. The number of carboxylic acid groups (broad SMARTS) is 1. The molecule has 11 heteroatoms. The Morgan fingerprint density at radius 3 is 2.33 bits per heavy atom. The van der Waals surface area contributed by atoms with E-state index in [0.29, 0.717) is 37.3 Å². The molecule has 4 aromatic rings. The highest BCUT2D eigenvalue weighted by molar-refractivity contribution is 6.15. The van der Waals surface area contributed by atoms with E-state index < -0.39 is 5.91 Å². The molecule has 0 bridgehead atoms. The molecule has 11 nitrogen and oxygen atoms in total. The molecule has 1 aliphatic heterocycles. The van der Waals surface area contributed by atoms with Crippen LogP contribution >= 0.6 is 0 Å². The van der Waals surface area contributed by atoms with E-state index in [0.717, 1.165) is 24.1 Å². The third-order valence-electron chi connectivity index (χ3n) is 7.46. The van der Waals surface area contributed by atoms with Crippen LogP contribution < -0.4 is 10.2 Å². The van der Waals surface area contributed by atoms with Gasteiger partial charge >= 0.3 is 0 Å². The molecule has 0 unspecified atom stereocenters. The molecule has 5 rings (SSSR count). The van der Waals surface area contributed by atoms with Crippen LogP contribution in [0, 0.1) is 11.3 Å². The van der Waals surface area contributed by atoms with Gasteiger partial charge in [-0.25, -0.2) is 0 Å². The van der Waals surface area contributed by atoms with Gasteiger partial charge in [-0.15, -0.1) is 0 Å². The molecule has 1 aliphatic rings. The second-order valence-electron chi connectivity index (χ2n) is 10.4. The lowest BCUT2D eigenvalue weighted by atomic mass is 10.0. The number of amides is 3. The molecule has 0 aliphatic carbocycles. The quantitative estimate of drug-likeness (QED) is 0.269. The van der Waals surface area contributed by atoms with Crippen molar-refractivity contribution in [3.05, 3.63) is 113 Å². The standard InChI is InChI=1S/C33H32N6O3.CH2O2/c1-3-30(40)37(2)16-15-23-7-9-24(10-8-23)19-25-11-13-28(14-12-25)38-17-18-39-31(33(38)42)29(22-35-39)32(41)36-27-6-4-5-26(20-27)21-34;2-1-3/h4-14,20,22H,3,15-19H2,1-2H3,(H,36,41);1H,(H,2,3). The zero-order valence-electron chi connectivity index (χ0n) is 25.1. The van der Waals surface area contributed by atoms with Crippen LogP contribution in [0.3, 0.4) is 0 Å². The number of hydrogen-bond acceptors (Lipinski definition) is 6. The fourth-order valence-corrected chi connectivity index (χ4v) is 5.03. The summed E-state index contributed by atoms with van der Waals surface area (Å²) in [7, 11) is 1.84. The normalized spacial score (nSPS) is 11.8. The Kier molecular flexibility index (Phi) is 10.8. The van der Waals surface area contributed by atoms with E-state index in [1.807, 2.05) is 44.3 Å². The Morgan fingerprint density at radius 1 is 1.04 bits per heavy atom. The minimum absolute atomic E-state index is 0.150. The van der Waals surface area contributed by atoms with Crippen LogP contribution in [0.4, 0.5) is 11.4 Å². The summed E-state index contributed by atoms with van der Waals surface area (Å²) >= 11 is 0. The van der Waals surface area contributed by atoms with E-state index >= 15 is 0 Å². The summed E-state index contributed by atoms with van der Waals surface area (Å²) in [6, 6.07) is 25.0. The summed E-state index contributed by atoms with van der Waals surface area (Å²) in [5.41, 5.74) is 5.58. The van der Waals surface area contributed by atoms with E-state index in [1.165, 1.54) is 17.3 Å². The Bertz CT molecular complexity index is 1710. The number of nitrogens with one attached hydrogen (secondary N) is 1. The first kappa shape index (κ1) is 32.2. The Balaban J connectivity index is 0.00000148. The van der Waals surface area contributed by atoms with Crippen LogP contribution in [0.25, 0.3) is 0 Å². The molecule has 0 spiro atoms. The molecule has 3 aromatic carbocycles. The van der Waals surface area contributed by atoms with Crippen LogP contribution in [-0.4, -0.2) is 64.1 Å². The second kappa shape index (κ2) is 15.1. The van der Waals surface area contributed by atoms with Gasteiger partial charge in [0.15, 0.2) is 0 Å². The summed E-state index contributed by atoms with van der Waals surface area (Å²) in [6.07, 6.45) is 3.51. The number of nitrogens with zero attached hydrogens (tertiary/aromatic N) is 5. The molecule has 3 amide bonds. The number of aromatic nitrogens is 2. The molecule has 230 valence electrons. The zero-order chi connectivity index (χ0) is 32.3. The van der Waals surface area contributed by atoms with Crippen molar-refractivity contribution in [1.82, 2.24) is 14.7 Å². The average Bonchev–Trinajstić information content (AvgIpc) is 3.50. The Labute approximate surface area is 261 Å². The molecular weight excluding hydrogens is 572 g/mol. The number of nitriles is 1. The number of likely N-dealkylation sites (N-methyl/N-ethyl adjacent to an activating group) is 1. The van der Waals surface area contributed by atoms with E-state index in [4.69, 9.17) is 15.2 Å². The van der Waals surface area contributed by atoms with Crippen molar-refractivity contribution in [1.29, 1.82) is 5.26 Å². The van der Waals surface area contributed by atoms with Gasteiger partial charge in [-0.1, -0.05) is 49.4 Å². The summed E-state index contributed by atoms with van der Waals surface area (Å²) in [6.45, 7) is 3.23. The topological polar surface area (TPSA) is 149 Å². The van der Waals surface area contributed by atoms with Crippen molar-refractivity contribution in [3.63, 3.8) is 0 Å². The van der Waals surface area contributed by atoms with Crippen LogP contribution in [-0.2, 0) is 29.0 Å². The highest BCUT2D eigenvalue weighted by atomic mass is 16.3. The van der Waals surface area contributed by atoms with Crippen LogP contribution in [0.1, 0.15) is 56.4 Å². The maximum atomic E-state index is 13.5. The highest BCUT2D eigenvalue weighted by Crippen LogP contribution is 2.25. The summed E-state index contributed by atoms with van der Waals surface area (Å²) in [5, 5.41) is 23.1. The first-order valence-electron chi connectivity index (χ1n) is 14.5. The fraction of sp³-hybridized carbons (Fsp3) is 0.235. The zero-order valence-corrected chi connectivity index (χ0v) is 25.1. The lowest BCUT2D eigenvalue weighted by Crippen LogP contribution is -2.41. The molecule has 0 fully saturated rings. The summed E-state index contributed by atoms with van der Waals surface area (Å²) in [5.74, 6) is -0.592. The van der Waals surface area contributed by atoms with Gasteiger partial charge in [0.25, 0.3) is 18.3 Å². The minimum Gasteiger partial charge on any atom is -0.483 e. The SMILES string of the molecule is CCC(=O)N(C)CCc1ccc(Cc2ccc(N3CCn4ncc(C(=O)Nc5cccc(C#N)c5)c4C3=O)cc2)cc1.O=CO. The van der Waals surface area contributed by atoms with Gasteiger partial charge in [0.2, 0.25) is 5.91 Å². The van der Waals surface area contributed by atoms with Gasteiger partial charge in [0.1, 0.15) is 5.69 Å². The van der Waals surface area contributed by atoms with Crippen molar-refractivity contribution in [2.45, 2.75) is 32.7 Å². The van der Waals surface area contributed by atoms with Crippen LogP contribution in [0.15, 0.2) is 79.0 Å². The molecule has 0 saturated carbocycles. The third-order valence-corrected chi connectivity index (χ3v) is 7.46. The first-order valence-corrected chi connectivity index (χ1v) is 14.5. The van der Waals surface area contributed by atoms with E-state index in [-0.39, 0.29) is 29.5 Å². The van der Waals surface area contributed by atoms with Crippen molar-refractivity contribution in [3.8, 4) is 6.07 Å². The summed E-state index contributed by atoms with van der Waals surface area (Å²) < 4.78 is 1.57. The fourth-order valence-electron chi connectivity index (χ4n) is 5.03. The average molecular weight is 607 g/mol. The lowest BCUT2D eigenvalue weighted by Gasteiger charge is -2.28. The molecule has 45 heavy (non-hydrogen) atoms. The van der Waals surface area contributed by atoms with Gasteiger partial charge in [-0.2, -0.15) is 10.4 Å². The number of fused-ring (bicyclic) bond motifs is 1. The van der Waals surface area contributed by atoms with Crippen molar-refractivity contribution >= 4 is 35.6 Å². The van der Waals surface area contributed by atoms with E-state index in [1.54, 1.807) is 38.7 Å². The molecule has 0 saturated heterocycles. The number of rotatable bonds is 9. The first-order chi connectivity index (χ1) is 21.8. The molecular formula is C34H34N6O5. The van der Waals surface area contributed by atoms with Crippen LogP contribution in [0.5, 0.6) is 0 Å². The monoisotopic (exact) mass is 606 g/mol. The van der Waals surface area contributed by atoms with Gasteiger partial charge in [-0.3, -0.25) is 23.9 Å². The smallest absolute Gasteiger partial charge is 0.290 e. The molecule has 0 atom stereocenters. The largest absolute Gasteiger partial charge is 0.483 e. The number of anilines is 2. The predicted octanol–water partition coefficient (Wildman–Crippen LogP) is 4.37. The van der Waals surface area contributed by atoms with Gasteiger partial charge in [0, 0.05) is 37.9 Å². The number of benzene rings is 3. The maximum absolute atomic E-state index is 13.5. The predicted molar refractivity (Wildman–Crippen MR) is 169 cm³/mol. The van der Waals surface area contributed by atoms with Crippen molar-refractivity contribution in [2.24, 2.45) is 0 Å². The van der Waals surface area contributed by atoms with E-state index in [2.05, 4.69) is 34.7 Å². The van der Waals surface area contributed by atoms with Gasteiger partial charge < -0.3 is 20.2 Å². The summed E-state index contributed by atoms with van der Waals surface area (Å²) in [4.78, 5) is 50.2. The third kappa shape index (κ3) is 8.00. The number of carbonyl (C=O) groups is 4. The highest BCUT2D eigenvalue weighted by Gasteiger charge is 2.32. The van der Waals surface area contributed by atoms with Gasteiger partial charge in [-0.05, 0) is 59.9 Å². The number of carbonyl (C=O) groups excluding carboxylic acids is 3. The van der Waals surface area contributed by atoms with E-state index in [9.17, 15) is 14.4 Å². The maximum Gasteiger partial charge on any atom is 0.290 e. The number of hydrogen-bond donors (Lipinski definition) is 2. The van der Waals surface area contributed by atoms with Crippen molar-refractivity contribution < 1.29 is 24.3 Å². The van der Waals surface area contributed by atoms with Crippen molar-refractivity contribution in [2.75, 3.05) is 30.4 Å². The molecule has 2 N–H and O–H groups in total. The Hall–Kier alpha value is -5.76. The Morgan fingerprint density at radius 2 is 1.69 bits per heavy atom. The molecule has 0 radical (unpaired) electrons. The van der Waals surface area contributed by atoms with Gasteiger partial charge in [0.05, 0.1) is 29.9 Å².